The molecule has 6 nitrogen and oxygen atoms in total. The van der Waals surface area contributed by atoms with E-state index in [0.29, 0.717) is 17.7 Å². The van der Waals surface area contributed by atoms with Crippen molar-refractivity contribution in [2.24, 2.45) is 5.10 Å². The Morgan fingerprint density at radius 3 is 2.65 bits per heavy atom. The minimum absolute atomic E-state index is 0.0112. The first-order valence-corrected chi connectivity index (χ1v) is 8.36. The third-order valence-electron chi connectivity index (χ3n) is 3.97. The van der Waals surface area contributed by atoms with E-state index in [1.165, 1.54) is 18.9 Å². The normalized spacial score (nSPS) is 10.7. The molecule has 0 aliphatic heterocycles. The summed E-state index contributed by atoms with van der Waals surface area (Å²) in [5.41, 5.74) is 5.19. The largest absolute Gasteiger partial charge is 0.504 e. The summed E-state index contributed by atoms with van der Waals surface area (Å²) in [5, 5.41) is 13.8. The van der Waals surface area contributed by atoms with Crippen LogP contribution < -0.4 is 14.9 Å². The molecule has 0 fully saturated rings. The Bertz CT molecular complexity index is 787. The average molecular weight is 356 g/mol. The van der Waals surface area contributed by atoms with Gasteiger partial charge in [0.25, 0.3) is 0 Å². The second-order valence-electron chi connectivity index (χ2n) is 5.85. The number of phenolic OH excluding ortho intramolecular Hbond substituents is 1. The smallest absolute Gasteiger partial charge is 0.240 e. The Morgan fingerprint density at radius 2 is 1.96 bits per heavy atom. The fourth-order valence-corrected chi connectivity index (χ4v) is 2.59. The number of para-hydroxylation sites is 1. The summed E-state index contributed by atoms with van der Waals surface area (Å²) >= 11 is 0. The van der Waals surface area contributed by atoms with Gasteiger partial charge in [-0.3, -0.25) is 4.79 Å². The number of rotatable bonds is 8. The molecule has 0 bridgehead atoms. The number of methoxy groups -OCH3 is 2. The first-order valence-electron chi connectivity index (χ1n) is 8.36. The molecule has 6 heteroatoms. The van der Waals surface area contributed by atoms with E-state index >= 15 is 0 Å². The van der Waals surface area contributed by atoms with Crippen molar-refractivity contribution in [3.63, 3.8) is 0 Å². The summed E-state index contributed by atoms with van der Waals surface area (Å²) in [6.45, 7) is 2.00. The lowest BCUT2D eigenvalue weighted by Gasteiger charge is -2.07. The zero-order valence-corrected chi connectivity index (χ0v) is 15.3. The van der Waals surface area contributed by atoms with Crippen LogP contribution in [0, 0.1) is 6.92 Å². The van der Waals surface area contributed by atoms with Gasteiger partial charge in [-0.2, -0.15) is 5.10 Å². The molecule has 138 valence electrons. The number of hydrogen-bond acceptors (Lipinski definition) is 5. The lowest BCUT2D eigenvalue weighted by Crippen LogP contribution is -2.17. The Kier molecular flexibility index (Phi) is 7.02. The van der Waals surface area contributed by atoms with Crippen LogP contribution in [0.25, 0.3) is 0 Å². The van der Waals surface area contributed by atoms with Crippen LogP contribution in [0.2, 0.25) is 0 Å². The SMILES string of the molecule is COc1ccc(CCCC(=O)N/N=C/c2cccc(OC)c2O)cc1C. The summed E-state index contributed by atoms with van der Waals surface area (Å²) in [5.74, 6) is 1.04. The second kappa shape index (κ2) is 9.46. The van der Waals surface area contributed by atoms with Gasteiger partial charge >= 0.3 is 0 Å². The van der Waals surface area contributed by atoms with Crippen molar-refractivity contribution in [3.05, 3.63) is 53.1 Å². The molecule has 0 heterocycles. The lowest BCUT2D eigenvalue weighted by atomic mass is 10.1. The van der Waals surface area contributed by atoms with Crippen LogP contribution >= 0.6 is 0 Å². The van der Waals surface area contributed by atoms with Gasteiger partial charge in [0, 0.05) is 12.0 Å². The first-order chi connectivity index (χ1) is 12.5. The number of aromatic hydroxyl groups is 1. The maximum Gasteiger partial charge on any atom is 0.240 e. The van der Waals surface area contributed by atoms with Gasteiger partial charge in [0.2, 0.25) is 5.91 Å². The monoisotopic (exact) mass is 356 g/mol. The Hall–Kier alpha value is -3.02. The zero-order valence-electron chi connectivity index (χ0n) is 15.3. The molecule has 1 amide bonds. The van der Waals surface area contributed by atoms with E-state index in [1.54, 1.807) is 25.3 Å². The second-order valence-corrected chi connectivity index (χ2v) is 5.85. The fraction of sp³-hybridized carbons (Fsp3) is 0.300. The third kappa shape index (κ3) is 5.24. The van der Waals surface area contributed by atoms with Crippen molar-refractivity contribution in [1.82, 2.24) is 5.43 Å². The number of aryl methyl sites for hydroxylation is 2. The van der Waals surface area contributed by atoms with E-state index in [9.17, 15) is 9.90 Å². The minimum Gasteiger partial charge on any atom is -0.504 e. The van der Waals surface area contributed by atoms with Gasteiger partial charge in [0.1, 0.15) is 5.75 Å². The predicted molar refractivity (Wildman–Crippen MR) is 101 cm³/mol. The predicted octanol–water partition coefficient (Wildman–Crippen LogP) is 3.19. The van der Waals surface area contributed by atoms with Gasteiger partial charge in [-0.1, -0.05) is 18.2 Å². The molecule has 0 aromatic heterocycles. The van der Waals surface area contributed by atoms with Crippen molar-refractivity contribution in [2.75, 3.05) is 14.2 Å². The molecule has 2 rings (SSSR count). The first kappa shape index (κ1) is 19.3. The van der Waals surface area contributed by atoms with Crippen LogP contribution in [0.15, 0.2) is 41.5 Å². The number of nitrogens with one attached hydrogen (secondary N) is 1. The highest BCUT2D eigenvalue weighted by atomic mass is 16.5. The van der Waals surface area contributed by atoms with Crippen LogP contribution in [0.4, 0.5) is 0 Å². The molecule has 2 N–H and O–H groups in total. The van der Waals surface area contributed by atoms with E-state index in [0.717, 1.165) is 24.2 Å². The van der Waals surface area contributed by atoms with Gasteiger partial charge in [-0.05, 0) is 49.1 Å². The Morgan fingerprint density at radius 1 is 1.19 bits per heavy atom. The van der Waals surface area contributed by atoms with E-state index in [-0.39, 0.29) is 11.7 Å². The molecule has 0 saturated heterocycles. The van der Waals surface area contributed by atoms with E-state index in [4.69, 9.17) is 9.47 Å². The summed E-state index contributed by atoms with van der Waals surface area (Å²) in [4.78, 5) is 11.9. The highest BCUT2D eigenvalue weighted by Gasteiger charge is 2.06. The number of ether oxygens (including phenoxy) is 2. The molecule has 0 saturated carbocycles. The number of benzene rings is 2. The van der Waals surface area contributed by atoms with Crippen molar-refractivity contribution < 1.29 is 19.4 Å². The molecule has 0 aliphatic rings. The van der Waals surface area contributed by atoms with Crippen molar-refractivity contribution in [2.45, 2.75) is 26.2 Å². The Labute approximate surface area is 153 Å². The molecule has 2 aromatic carbocycles. The van der Waals surface area contributed by atoms with Gasteiger partial charge in [-0.15, -0.1) is 0 Å². The number of carbonyl (C=O) groups excluding carboxylic acids is 1. The van der Waals surface area contributed by atoms with Crippen molar-refractivity contribution >= 4 is 12.1 Å². The maximum absolute atomic E-state index is 11.9. The molecule has 0 radical (unpaired) electrons. The van der Waals surface area contributed by atoms with Crippen LogP contribution in [-0.4, -0.2) is 31.4 Å². The quantitative estimate of drug-likeness (QED) is 0.562. The number of phenols is 1. The van der Waals surface area contributed by atoms with Gasteiger partial charge in [0.05, 0.1) is 20.4 Å². The molecule has 26 heavy (non-hydrogen) atoms. The van der Waals surface area contributed by atoms with Gasteiger partial charge in [-0.25, -0.2) is 5.43 Å². The molecule has 0 aliphatic carbocycles. The highest BCUT2D eigenvalue weighted by molar-refractivity contribution is 5.86. The van der Waals surface area contributed by atoms with Crippen LogP contribution in [0.5, 0.6) is 17.2 Å². The summed E-state index contributed by atoms with van der Waals surface area (Å²) in [7, 11) is 3.13. The Balaban J connectivity index is 1.80. The fourth-order valence-electron chi connectivity index (χ4n) is 2.59. The number of amides is 1. The number of hydrogen-bond donors (Lipinski definition) is 2. The molecular weight excluding hydrogens is 332 g/mol. The molecule has 0 unspecified atom stereocenters. The average Bonchev–Trinajstić information content (AvgIpc) is 2.63. The molecule has 0 atom stereocenters. The lowest BCUT2D eigenvalue weighted by molar-refractivity contribution is -0.121. The maximum atomic E-state index is 11.9. The molecular formula is C20H24N2O4. The van der Waals surface area contributed by atoms with Crippen LogP contribution in [0.1, 0.15) is 29.5 Å². The number of carbonyl (C=O) groups is 1. The number of nitrogens with zero attached hydrogens (tertiary/aromatic N) is 1. The zero-order chi connectivity index (χ0) is 18.9. The van der Waals surface area contributed by atoms with Crippen LogP contribution in [0.3, 0.4) is 0 Å². The van der Waals surface area contributed by atoms with Crippen molar-refractivity contribution in [3.8, 4) is 17.2 Å². The standard InChI is InChI=1S/C20H24N2O4/c1-14-12-15(10-11-17(14)25-2)6-4-9-19(23)22-21-13-16-7-5-8-18(26-3)20(16)24/h5,7-8,10-13,24H,4,6,9H2,1-3H3,(H,22,23)/b21-13+. The summed E-state index contributed by atoms with van der Waals surface area (Å²) < 4.78 is 10.3. The summed E-state index contributed by atoms with van der Waals surface area (Å²) in [6, 6.07) is 11.1. The van der Waals surface area contributed by atoms with Gasteiger partial charge in [0.15, 0.2) is 11.5 Å². The van der Waals surface area contributed by atoms with Crippen molar-refractivity contribution in [1.29, 1.82) is 0 Å². The highest BCUT2D eigenvalue weighted by Crippen LogP contribution is 2.27. The minimum atomic E-state index is -0.172. The number of hydrazone groups is 1. The van der Waals surface area contributed by atoms with E-state index < -0.39 is 0 Å². The molecule has 2 aromatic rings. The summed E-state index contributed by atoms with van der Waals surface area (Å²) in [6.07, 6.45) is 3.28. The molecule has 0 spiro atoms. The van der Waals surface area contributed by atoms with Gasteiger partial charge < -0.3 is 14.6 Å². The van der Waals surface area contributed by atoms with E-state index in [1.807, 2.05) is 19.1 Å². The third-order valence-corrected chi connectivity index (χ3v) is 3.97. The van der Waals surface area contributed by atoms with Crippen LogP contribution in [-0.2, 0) is 11.2 Å². The van der Waals surface area contributed by atoms with E-state index in [2.05, 4.69) is 16.6 Å². The topological polar surface area (TPSA) is 80.2 Å².